The molecule has 0 aromatic heterocycles. The smallest absolute Gasteiger partial charge is 0.348 e. The average Bonchev–Trinajstić information content (AvgIpc) is 2.09. The van der Waals surface area contributed by atoms with Crippen LogP contribution in [0, 0.1) is 0 Å². The summed E-state index contributed by atoms with van der Waals surface area (Å²) in [6.07, 6.45) is -13.1. The molecule has 0 aliphatic carbocycles. The summed E-state index contributed by atoms with van der Waals surface area (Å²) in [7, 11) is -5.44. The van der Waals surface area contributed by atoms with Gasteiger partial charge in [-0.05, 0) is 6.92 Å². The molecule has 1 nitrogen and oxygen atoms in total. The summed E-state index contributed by atoms with van der Waals surface area (Å²) in [4.78, 5) is 0. The minimum atomic E-state index is -6.57. The number of hydrogen-bond acceptors (Lipinski definition) is 1. The van der Waals surface area contributed by atoms with E-state index in [1.54, 1.807) is 0 Å². The summed E-state index contributed by atoms with van der Waals surface area (Å²) in [6.45, 7) is -0.433. The first kappa shape index (κ1) is 17.7. The van der Waals surface area contributed by atoms with Crippen LogP contribution >= 0.6 is 8.15 Å². The normalized spacial score (nSPS) is 15.3. The molecule has 0 aromatic rings. The van der Waals surface area contributed by atoms with Crippen LogP contribution < -0.4 is 0 Å². The summed E-state index contributed by atoms with van der Waals surface area (Å²) >= 11 is 0. The highest BCUT2D eigenvalue weighted by Gasteiger charge is 2.77. The molecule has 0 saturated carbocycles. The minimum Gasteiger partial charge on any atom is -0.348 e. The maximum absolute atomic E-state index is 12.6. The van der Waals surface area contributed by atoms with Gasteiger partial charge in [-0.1, -0.05) is 0 Å². The highest BCUT2D eigenvalue weighted by molar-refractivity contribution is 7.55. The molecule has 0 aromatic carbocycles. The van der Waals surface area contributed by atoms with Crippen LogP contribution in [-0.2, 0) is 4.52 Å². The highest BCUT2D eigenvalue weighted by atomic mass is 31.1. The molecule has 0 amide bonds. The fraction of sp³-hybridized carbons (Fsp3) is 1.00. The summed E-state index contributed by atoms with van der Waals surface area (Å²) in [6, 6.07) is 0. The van der Waals surface area contributed by atoms with E-state index in [2.05, 4.69) is 4.52 Å². The first-order valence-electron chi connectivity index (χ1n) is 4.02. The Morgan fingerprint density at radius 1 is 0.722 bits per heavy atom. The number of rotatable bonds is 4. The van der Waals surface area contributed by atoms with E-state index in [0.717, 1.165) is 0 Å². The second-order valence-electron chi connectivity index (χ2n) is 2.79. The Labute approximate surface area is 94.9 Å². The Morgan fingerprint density at radius 3 is 1.17 bits per heavy atom. The van der Waals surface area contributed by atoms with Crippen molar-refractivity contribution in [2.24, 2.45) is 0 Å². The molecule has 12 heteroatoms. The van der Waals surface area contributed by atoms with Crippen molar-refractivity contribution >= 4 is 8.15 Å². The van der Waals surface area contributed by atoms with Crippen molar-refractivity contribution in [3.63, 3.8) is 0 Å². The molecule has 0 radical (unpaired) electrons. The topological polar surface area (TPSA) is 9.23 Å². The van der Waals surface area contributed by atoms with Gasteiger partial charge in [0, 0.05) is 6.61 Å². The molecule has 0 aliphatic heterocycles. The molecule has 0 aliphatic rings. The molecular formula is C6H5F10OP. The third-order valence-corrected chi connectivity index (χ3v) is 3.49. The molecular weight excluding hydrogens is 309 g/mol. The summed E-state index contributed by atoms with van der Waals surface area (Å²) < 4.78 is 125. The Kier molecular flexibility index (Phi) is 4.91. The molecule has 0 N–H and O–H groups in total. The Balaban J connectivity index is 5.60. The zero-order valence-corrected chi connectivity index (χ0v) is 9.24. The molecule has 0 fully saturated rings. The Hall–Kier alpha value is -0.310. The monoisotopic (exact) mass is 314 g/mol. The van der Waals surface area contributed by atoms with Crippen LogP contribution in [0.15, 0.2) is 0 Å². The Bertz CT molecular complexity index is 255. The lowest BCUT2D eigenvalue weighted by atomic mass is 10.7. The van der Waals surface area contributed by atoms with Crippen LogP contribution in [0.5, 0.6) is 0 Å². The molecule has 0 saturated heterocycles. The van der Waals surface area contributed by atoms with E-state index in [0.29, 0.717) is 6.92 Å². The Morgan fingerprint density at radius 2 is 1.00 bits per heavy atom. The van der Waals surface area contributed by atoms with Crippen LogP contribution in [0.25, 0.3) is 0 Å². The van der Waals surface area contributed by atoms with Crippen LogP contribution in [0.2, 0.25) is 0 Å². The van der Waals surface area contributed by atoms with Crippen molar-refractivity contribution in [2.75, 3.05) is 6.61 Å². The lowest BCUT2D eigenvalue weighted by Gasteiger charge is -2.33. The summed E-state index contributed by atoms with van der Waals surface area (Å²) in [5, 5.41) is 0. The number of halogens is 10. The largest absolute Gasteiger partial charge is 0.460 e. The van der Waals surface area contributed by atoms with Gasteiger partial charge in [0.25, 0.3) is 0 Å². The third-order valence-electron chi connectivity index (χ3n) is 1.45. The predicted molar refractivity (Wildman–Crippen MR) is 40.6 cm³/mol. The lowest BCUT2D eigenvalue weighted by molar-refractivity contribution is -0.267. The molecule has 0 heterocycles. The first-order chi connectivity index (χ1) is 7.69. The molecule has 0 unspecified atom stereocenters. The van der Waals surface area contributed by atoms with Gasteiger partial charge < -0.3 is 4.52 Å². The van der Waals surface area contributed by atoms with E-state index in [1.807, 2.05) is 0 Å². The van der Waals surface area contributed by atoms with Gasteiger partial charge in [0.05, 0.1) is 0 Å². The van der Waals surface area contributed by atoms with Crippen molar-refractivity contribution in [3.05, 3.63) is 0 Å². The van der Waals surface area contributed by atoms with E-state index in [1.165, 1.54) is 0 Å². The zero-order chi connectivity index (χ0) is 15.0. The second-order valence-corrected chi connectivity index (χ2v) is 4.76. The van der Waals surface area contributed by atoms with E-state index in [-0.39, 0.29) is 0 Å². The SMILES string of the molecule is CCOP(C(F)(F)C(F)(F)F)C(F)(F)C(F)(F)F. The van der Waals surface area contributed by atoms with E-state index < -0.39 is 38.4 Å². The maximum atomic E-state index is 12.6. The van der Waals surface area contributed by atoms with Crippen LogP contribution in [0.3, 0.4) is 0 Å². The van der Waals surface area contributed by atoms with Crippen LogP contribution in [0.1, 0.15) is 6.92 Å². The third kappa shape index (κ3) is 3.17. The van der Waals surface area contributed by atoms with Crippen LogP contribution in [0.4, 0.5) is 43.9 Å². The van der Waals surface area contributed by atoms with E-state index in [9.17, 15) is 43.9 Å². The quantitative estimate of drug-likeness (QED) is 0.538. The van der Waals surface area contributed by atoms with Crippen molar-refractivity contribution in [3.8, 4) is 0 Å². The standard InChI is InChI=1S/C6H5F10OP/c1-2-17-18(5(13,14)3(7,8)9)6(15,16)4(10,11)12/h2H2,1H3. The minimum absolute atomic E-state index is 0.717. The van der Waals surface area contributed by atoms with Gasteiger partial charge in [-0.3, -0.25) is 0 Å². The molecule has 0 rings (SSSR count). The number of hydrogen-bond donors (Lipinski definition) is 0. The van der Waals surface area contributed by atoms with Gasteiger partial charge in [-0.15, -0.1) is 0 Å². The second kappa shape index (κ2) is 4.99. The summed E-state index contributed by atoms with van der Waals surface area (Å²) in [5.74, 6) is 0. The lowest BCUT2D eigenvalue weighted by Crippen LogP contribution is -2.45. The molecule has 110 valence electrons. The van der Waals surface area contributed by atoms with Crippen molar-refractivity contribution < 1.29 is 48.4 Å². The maximum Gasteiger partial charge on any atom is 0.460 e. The van der Waals surface area contributed by atoms with Gasteiger partial charge in [0.2, 0.25) is 0 Å². The van der Waals surface area contributed by atoms with Gasteiger partial charge in [-0.25, -0.2) is 0 Å². The molecule has 0 bridgehead atoms. The first-order valence-corrected chi connectivity index (χ1v) is 5.27. The molecule has 0 spiro atoms. The highest BCUT2D eigenvalue weighted by Crippen LogP contribution is 2.71. The van der Waals surface area contributed by atoms with E-state index in [4.69, 9.17) is 0 Å². The summed E-state index contributed by atoms with van der Waals surface area (Å²) in [5.41, 5.74) is -12.6. The van der Waals surface area contributed by atoms with Crippen molar-refractivity contribution in [1.82, 2.24) is 0 Å². The van der Waals surface area contributed by atoms with Crippen molar-refractivity contribution in [2.45, 2.75) is 30.6 Å². The fourth-order valence-corrected chi connectivity index (χ4v) is 2.09. The van der Waals surface area contributed by atoms with Crippen molar-refractivity contribution in [1.29, 1.82) is 0 Å². The molecule has 18 heavy (non-hydrogen) atoms. The average molecular weight is 314 g/mol. The van der Waals surface area contributed by atoms with Gasteiger partial charge in [0.1, 0.15) is 0 Å². The van der Waals surface area contributed by atoms with Gasteiger partial charge >= 0.3 is 23.7 Å². The predicted octanol–water partition coefficient (Wildman–Crippen LogP) is 4.73. The fourth-order valence-electron chi connectivity index (χ4n) is 0.698. The molecule has 0 atom stereocenters. The van der Waals surface area contributed by atoms with Gasteiger partial charge in [0.15, 0.2) is 8.15 Å². The van der Waals surface area contributed by atoms with Gasteiger partial charge in [-0.2, -0.15) is 43.9 Å². The van der Waals surface area contributed by atoms with Crippen LogP contribution in [-0.4, -0.2) is 30.3 Å². The number of alkyl halides is 10. The zero-order valence-electron chi connectivity index (χ0n) is 8.34. The van der Waals surface area contributed by atoms with E-state index >= 15 is 0 Å².